The van der Waals surface area contributed by atoms with Crippen LogP contribution in [0.25, 0.3) is 0 Å². The average molecular weight is 393 g/mol. The highest BCUT2D eigenvalue weighted by atomic mass is 19.4. The largest absolute Gasteiger partial charge is 0.439 e. The fourth-order valence-corrected chi connectivity index (χ4v) is 2.78. The van der Waals surface area contributed by atoms with E-state index in [0.717, 1.165) is 12.1 Å². The highest BCUT2D eigenvalue weighted by Crippen LogP contribution is 2.32. The number of halogens is 3. The molecule has 2 N–H and O–H groups in total. The van der Waals surface area contributed by atoms with E-state index in [4.69, 9.17) is 4.74 Å². The van der Waals surface area contributed by atoms with E-state index in [1.807, 2.05) is 0 Å². The number of hydrogen-bond acceptors (Lipinski definition) is 4. The van der Waals surface area contributed by atoms with Gasteiger partial charge in [0.2, 0.25) is 17.7 Å². The second-order valence-electron chi connectivity index (χ2n) is 6.35. The van der Waals surface area contributed by atoms with Crippen LogP contribution in [0.2, 0.25) is 0 Å². The number of alkyl halides is 3. The normalized spacial score (nSPS) is 17.0. The Hall–Kier alpha value is -3.10. The van der Waals surface area contributed by atoms with Crippen molar-refractivity contribution < 1.29 is 27.5 Å². The lowest BCUT2D eigenvalue weighted by Gasteiger charge is -2.21. The number of hydrogen-bond donors (Lipinski definition) is 2. The van der Waals surface area contributed by atoms with E-state index < -0.39 is 11.7 Å². The quantitative estimate of drug-likeness (QED) is 0.818. The number of pyridine rings is 1. The molecule has 3 rings (SSSR count). The van der Waals surface area contributed by atoms with Crippen molar-refractivity contribution in [3.05, 3.63) is 53.7 Å². The summed E-state index contributed by atoms with van der Waals surface area (Å²) in [6.45, 7) is 0.386. The number of carbonyl (C=O) groups is 2. The molecule has 2 aromatic rings. The van der Waals surface area contributed by atoms with Crippen LogP contribution >= 0.6 is 0 Å². The van der Waals surface area contributed by atoms with Gasteiger partial charge in [0, 0.05) is 31.3 Å². The maximum absolute atomic E-state index is 12.9. The van der Waals surface area contributed by atoms with Gasteiger partial charge in [0.1, 0.15) is 5.75 Å². The molecule has 6 nitrogen and oxygen atoms in total. The Morgan fingerprint density at radius 1 is 1.29 bits per heavy atom. The number of piperidine rings is 1. The summed E-state index contributed by atoms with van der Waals surface area (Å²) in [5, 5.41) is 5.40. The number of rotatable bonds is 5. The molecule has 1 aliphatic heterocycles. The molecule has 28 heavy (non-hydrogen) atoms. The summed E-state index contributed by atoms with van der Waals surface area (Å²) in [5.41, 5.74) is -0.303. The molecule has 1 fully saturated rings. The number of nitrogens with zero attached hydrogens (tertiary/aromatic N) is 1. The van der Waals surface area contributed by atoms with Crippen LogP contribution < -0.4 is 15.4 Å². The third-order valence-corrected chi connectivity index (χ3v) is 4.32. The molecule has 148 valence electrons. The third kappa shape index (κ3) is 4.99. The first-order valence-electron chi connectivity index (χ1n) is 8.66. The van der Waals surface area contributed by atoms with Crippen molar-refractivity contribution in [1.82, 2.24) is 15.6 Å². The van der Waals surface area contributed by atoms with E-state index in [0.29, 0.717) is 18.4 Å². The second kappa shape index (κ2) is 8.28. The molecular formula is C19H18F3N3O3. The van der Waals surface area contributed by atoms with Crippen molar-refractivity contribution in [3.8, 4) is 11.6 Å². The Labute approximate surface area is 159 Å². The molecule has 0 radical (unpaired) electrons. The average Bonchev–Trinajstić information content (AvgIpc) is 2.67. The molecule has 2 amide bonds. The van der Waals surface area contributed by atoms with Crippen molar-refractivity contribution in [3.63, 3.8) is 0 Å². The molecule has 1 saturated heterocycles. The molecule has 9 heteroatoms. The fraction of sp³-hybridized carbons (Fsp3) is 0.316. The van der Waals surface area contributed by atoms with Gasteiger partial charge in [-0.1, -0.05) is 12.1 Å². The minimum atomic E-state index is -4.48. The molecule has 1 atom stereocenters. The molecule has 1 aliphatic rings. The molecule has 0 aliphatic carbocycles. The molecule has 0 saturated carbocycles. The van der Waals surface area contributed by atoms with E-state index in [-0.39, 0.29) is 42.5 Å². The number of carbonyl (C=O) groups excluding carboxylic acids is 2. The number of ether oxygens (including phenoxy) is 1. The lowest BCUT2D eigenvalue weighted by atomic mass is 9.98. The Kier molecular flexibility index (Phi) is 5.81. The third-order valence-electron chi connectivity index (χ3n) is 4.32. The van der Waals surface area contributed by atoms with Gasteiger partial charge >= 0.3 is 6.18 Å². The zero-order chi connectivity index (χ0) is 20.1. The molecule has 2 heterocycles. The van der Waals surface area contributed by atoms with E-state index >= 15 is 0 Å². The summed E-state index contributed by atoms with van der Waals surface area (Å²) in [4.78, 5) is 27.5. The van der Waals surface area contributed by atoms with E-state index in [2.05, 4.69) is 15.6 Å². The maximum Gasteiger partial charge on any atom is 0.416 e. The number of nitrogens with one attached hydrogen (secondary N) is 2. The first-order chi connectivity index (χ1) is 13.3. The number of benzene rings is 1. The first-order valence-corrected chi connectivity index (χ1v) is 8.66. The highest BCUT2D eigenvalue weighted by Gasteiger charge is 2.30. The van der Waals surface area contributed by atoms with Crippen LogP contribution in [0, 0.1) is 5.92 Å². The molecule has 0 unspecified atom stereocenters. The van der Waals surface area contributed by atoms with E-state index in [9.17, 15) is 22.8 Å². The van der Waals surface area contributed by atoms with Gasteiger partial charge in [-0.15, -0.1) is 0 Å². The maximum atomic E-state index is 12.9. The molecule has 1 aromatic heterocycles. The molecule has 0 bridgehead atoms. The molecular weight excluding hydrogens is 375 g/mol. The van der Waals surface area contributed by atoms with Crippen molar-refractivity contribution in [2.24, 2.45) is 5.92 Å². The first kappa shape index (κ1) is 19.7. The minimum Gasteiger partial charge on any atom is -0.439 e. The summed E-state index contributed by atoms with van der Waals surface area (Å²) in [6.07, 6.45) is -2.26. The number of amides is 2. The Bertz CT molecular complexity index is 861. The Balaban J connectivity index is 1.66. The van der Waals surface area contributed by atoms with Crippen LogP contribution in [0.15, 0.2) is 42.6 Å². The summed E-state index contributed by atoms with van der Waals surface area (Å²) in [6, 6.07) is 7.80. The number of aromatic nitrogens is 1. The van der Waals surface area contributed by atoms with Crippen LogP contribution in [0.3, 0.4) is 0 Å². The van der Waals surface area contributed by atoms with Crippen molar-refractivity contribution in [1.29, 1.82) is 0 Å². The fourth-order valence-electron chi connectivity index (χ4n) is 2.78. The van der Waals surface area contributed by atoms with Crippen LogP contribution in [0.5, 0.6) is 11.6 Å². The monoisotopic (exact) mass is 393 g/mol. The van der Waals surface area contributed by atoms with Crippen LogP contribution in [0.4, 0.5) is 13.2 Å². The van der Waals surface area contributed by atoms with Crippen molar-refractivity contribution >= 4 is 11.8 Å². The molecule has 0 spiro atoms. The SMILES string of the molecule is O=C1CC[C@H](C(=O)NCc2cccnc2Oc2cccc(C(F)(F)F)c2)CN1. The van der Waals surface area contributed by atoms with Gasteiger partial charge in [-0.05, 0) is 30.7 Å². The lowest BCUT2D eigenvalue weighted by molar-refractivity contribution is -0.137. The van der Waals surface area contributed by atoms with Gasteiger partial charge in [0.15, 0.2) is 0 Å². The van der Waals surface area contributed by atoms with Crippen LogP contribution in [0.1, 0.15) is 24.0 Å². The van der Waals surface area contributed by atoms with E-state index in [1.54, 1.807) is 12.1 Å². The summed E-state index contributed by atoms with van der Waals surface area (Å²) >= 11 is 0. The van der Waals surface area contributed by atoms with Gasteiger partial charge in [-0.25, -0.2) is 4.98 Å². The van der Waals surface area contributed by atoms with Crippen molar-refractivity contribution in [2.75, 3.05) is 6.54 Å². The summed E-state index contributed by atoms with van der Waals surface area (Å²) in [5.74, 6) is -0.501. The predicted octanol–water partition coefficient (Wildman–Crippen LogP) is 3.04. The minimum absolute atomic E-state index is 0.00362. The van der Waals surface area contributed by atoms with Gasteiger partial charge in [-0.2, -0.15) is 13.2 Å². The standard InChI is InChI=1S/C19H18F3N3O3/c20-19(21,22)14-4-1-5-15(9-14)28-18-13(3-2-8-23-18)11-25-17(27)12-6-7-16(26)24-10-12/h1-5,8-9,12H,6-7,10-11H2,(H,24,26)(H,25,27)/t12-/m0/s1. The summed E-state index contributed by atoms with van der Waals surface area (Å²) < 4.78 is 44.1. The predicted molar refractivity (Wildman–Crippen MR) is 93.3 cm³/mol. The van der Waals surface area contributed by atoms with Crippen molar-refractivity contribution in [2.45, 2.75) is 25.6 Å². The van der Waals surface area contributed by atoms with E-state index in [1.165, 1.54) is 18.3 Å². The highest BCUT2D eigenvalue weighted by molar-refractivity contribution is 5.83. The van der Waals surface area contributed by atoms with Gasteiger partial charge in [-0.3, -0.25) is 9.59 Å². The zero-order valence-electron chi connectivity index (χ0n) is 14.8. The van der Waals surface area contributed by atoms with Gasteiger partial charge in [0.05, 0.1) is 11.5 Å². The second-order valence-corrected chi connectivity index (χ2v) is 6.35. The van der Waals surface area contributed by atoms with Crippen LogP contribution in [-0.4, -0.2) is 23.3 Å². The smallest absolute Gasteiger partial charge is 0.416 e. The Morgan fingerprint density at radius 3 is 2.82 bits per heavy atom. The zero-order valence-corrected chi connectivity index (χ0v) is 14.8. The van der Waals surface area contributed by atoms with Gasteiger partial charge < -0.3 is 15.4 Å². The lowest BCUT2D eigenvalue weighted by Crippen LogP contribution is -2.42. The Morgan fingerprint density at radius 2 is 2.11 bits per heavy atom. The summed E-state index contributed by atoms with van der Waals surface area (Å²) in [7, 11) is 0. The topological polar surface area (TPSA) is 80.3 Å². The van der Waals surface area contributed by atoms with Gasteiger partial charge in [0.25, 0.3) is 0 Å². The molecule has 1 aromatic carbocycles. The van der Waals surface area contributed by atoms with Crippen LogP contribution in [-0.2, 0) is 22.3 Å².